The lowest BCUT2D eigenvalue weighted by Crippen LogP contribution is -2.23. The minimum atomic E-state index is -2.77. The highest BCUT2D eigenvalue weighted by Crippen LogP contribution is 2.13. The molecule has 2 atom stereocenters. The predicted octanol–water partition coefficient (Wildman–Crippen LogP) is 1.45. The summed E-state index contributed by atoms with van der Waals surface area (Å²) in [5.74, 6) is 0.921. The van der Waals surface area contributed by atoms with Crippen molar-refractivity contribution in [2.45, 2.75) is 39.2 Å². The summed E-state index contributed by atoms with van der Waals surface area (Å²) >= 11 is 0. The molecule has 0 amide bonds. The summed E-state index contributed by atoms with van der Waals surface area (Å²) in [5, 5.41) is 3.18. The molecule has 0 saturated heterocycles. The van der Waals surface area contributed by atoms with E-state index in [1.807, 2.05) is 7.05 Å². The van der Waals surface area contributed by atoms with E-state index in [-0.39, 0.29) is 0 Å². The summed E-state index contributed by atoms with van der Waals surface area (Å²) < 4.78 is 21.8. The van der Waals surface area contributed by atoms with Gasteiger partial charge in [0.15, 0.2) is 0 Å². The SMILES string of the molecule is CNC(C)CC(C)CCCS(C)(=O)=O. The van der Waals surface area contributed by atoms with E-state index >= 15 is 0 Å². The smallest absolute Gasteiger partial charge is 0.147 e. The van der Waals surface area contributed by atoms with Crippen LogP contribution in [0.25, 0.3) is 0 Å². The maximum Gasteiger partial charge on any atom is 0.147 e. The van der Waals surface area contributed by atoms with Crippen LogP contribution in [-0.2, 0) is 9.84 Å². The van der Waals surface area contributed by atoms with Gasteiger partial charge in [-0.1, -0.05) is 6.92 Å². The Morgan fingerprint density at radius 3 is 2.29 bits per heavy atom. The second kappa shape index (κ2) is 6.40. The second-order valence-corrected chi connectivity index (χ2v) is 6.56. The first-order chi connectivity index (χ1) is 6.35. The standard InChI is InChI=1S/C10H23NO2S/c1-9(8-10(2)11-3)6-5-7-14(4,12)13/h9-11H,5-8H2,1-4H3. The van der Waals surface area contributed by atoms with Gasteiger partial charge in [0, 0.05) is 18.1 Å². The van der Waals surface area contributed by atoms with Crippen LogP contribution in [0.4, 0.5) is 0 Å². The maximum absolute atomic E-state index is 10.9. The number of sulfone groups is 1. The van der Waals surface area contributed by atoms with E-state index in [1.54, 1.807) is 0 Å². The minimum absolute atomic E-state index is 0.325. The monoisotopic (exact) mass is 221 g/mol. The van der Waals surface area contributed by atoms with Crippen molar-refractivity contribution < 1.29 is 8.42 Å². The molecule has 0 aliphatic heterocycles. The highest BCUT2D eigenvalue weighted by molar-refractivity contribution is 7.90. The quantitative estimate of drug-likeness (QED) is 0.707. The molecule has 0 heterocycles. The summed E-state index contributed by atoms with van der Waals surface area (Å²) in [5.41, 5.74) is 0. The van der Waals surface area contributed by atoms with Gasteiger partial charge in [0.05, 0.1) is 0 Å². The molecule has 0 radical (unpaired) electrons. The van der Waals surface area contributed by atoms with Crippen molar-refractivity contribution in [2.75, 3.05) is 19.1 Å². The van der Waals surface area contributed by atoms with Crippen LogP contribution in [0.1, 0.15) is 33.1 Å². The fraction of sp³-hybridized carbons (Fsp3) is 1.00. The summed E-state index contributed by atoms with van der Waals surface area (Å²) in [4.78, 5) is 0. The first-order valence-electron chi connectivity index (χ1n) is 5.20. The van der Waals surface area contributed by atoms with E-state index in [9.17, 15) is 8.42 Å². The fourth-order valence-corrected chi connectivity index (χ4v) is 2.22. The van der Waals surface area contributed by atoms with Crippen LogP contribution in [0, 0.1) is 5.92 Å². The normalized spacial score (nSPS) is 16.6. The van der Waals surface area contributed by atoms with Crippen LogP contribution < -0.4 is 5.32 Å². The highest BCUT2D eigenvalue weighted by atomic mass is 32.2. The molecular weight excluding hydrogens is 198 g/mol. The molecular formula is C10H23NO2S. The molecule has 0 rings (SSSR count). The molecule has 0 bridgehead atoms. The zero-order valence-electron chi connectivity index (χ0n) is 9.71. The Labute approximate surface area is 88.2 Å². The van der Waals surface area contributed by atoms with Crippen LogP contribution in [0.15, 0.2) is 0 Å². The molecule has 0 aromatic rings. The summed E-state index contributed by atoms with van der Waals surface area (Å²) in [6.07, 6.45) is 4.20. The lowest BCUT2D eigenvalue weighted by molar-refractivity contribution is 0.416. The van der Waals surface area contributed by atoms with E-state index in [1.165, 1.54) is 6.26 Å². The third-order valence-electron chi connectivity index (χ3n) is 2.46. The van der Waals surface area contributed by atoms with Gasteiger partial charge in [-0.15, -0.1) is 0 Å². The van der Waals surface area contributed by atoms with Crippen molar-refractivity contribution in [1.29, 1.82) is 0 Å². The molecule has 0 fully saturated rings. The lowest BCUT2D eigenvalue weighted by atomic mass is 9.98. The molecule has 1 N–H and O–H groups in total. The molecule has 0 spiro atoms. The molecule has 0 saturated carbocycles. The van der Waals surface area contributed by atoms with E-state index in [4.69, 9.17) is 0 Å². The third kappa shape index (κ3) is 8.51. The molecule has 0 aliphatic carbocycles. The van der Waals surface area contributed by atoms with Crippen molar-refractivity contribution in [3.63, 3.8) is 0 Å². The van der Waals surface area contributed by atoms with Crippen molar-refractivity contribution in [3.05, 3.63) is 0 Å². The Bertz CT molecular complexity index is 237. The number of nitrogens with one attached hydrogen (secondary N) is 1. The third-order valence-corrected chi connectivity index (χ3v) is 3.49. The topological polar surface area (TPSA) is 46.2 Å². The molecule has 0 aromatic carbocycles. The van der Waals surface area contributed by atoms with E-state index < -0.39 is 9.84 Å². The fourth-order valence-electron chi connectivity index (χ4n) is 1.53. The van der Waals surface area contributed by atoms with Crippen LogP contribution in [0.5, 0.6) is 0 Å². The van der Waals surface area contributed by atoms with E-state index in [0.29, 0.717) is 17.7 Å². The Morgan fingerprint density at radius 2 is 1.86 bits per heavy atom. The van der Waals surface area contributed by atoms with E-state index in [2.05, 4.69) is 19.2 Å². The lowest BCUT2D eigenvalue weighted by Gasteiger charge is -2.16. The van der Waals surface area contributed by atoms with Crippen molar-refractivity contribution >= 4 is 9.84 Å². The average Bonchev–Trinajstić information content (AvgIpc) is 2.01. The first-order valence-corrected chi connectivity index (χ1v) is 7.26. The second-order valence-electron chi connectivity index (χ2n) is 4.30. The van der Waals surface area contributed by atoms with Gasteiger partial charge in [0.2, 0.25) is 0 Å². The largest absolute Gasteiger partial charge is 0.317 e. The van der Waals surface area contributed by atoms with Crippen molar-refractivity contribution in [2.24, 2.45) is 5.92 Å². The molecule has 0 aromatic heterocycles. The summed E-state index contributed by atoms with van der Waals surface area (Å²) in [6.45, 7) is 4.32. The van der Waals surface area contributed by atoms with Gasteiger partial charge < -0.3 is 5.32 Å². The van der Waals surface area contributed by atoms with Crippen LogP contribution >= 0.6 is 0 Å². The van der Waals surface area contributed by atoms with Gasteiger partial charge in [-0.25, -0.2) is 8.42 Å². The molecule has 4 heteroatoms. The van der Waals surface area contributed by atoms with Crippen molar-refractivity contribution in [1.82, 2.24) is 5.32 Å². The summed E-state index contributed by atoms with van der Waals surface area (Å²) in [7, 11) is -0.817. The Morgan fingerprint density at radius 1 is 1.29 bits per heavy atom. The van der Waals surface area contributed by atoms with Gasteiger partial charge in [0.1, 0.15) is 9.84 Å². The van der Waals surface area contributed by atoms with Gasteiger partial charge >= 0.3 is 0 Å². The van der Waals surface area contributed by atoms with Crippen LogP contribution in [0.3, 0.4) is 0 Å². The Kier molecular flexibility index (Phi) is 6.36. The molecule has 86 valence electrons. The Balaban J connectivity index is 3.59. The number of rotatable bonds is 7. The minimum Gasteiger partial charge on any atom is -0.317 e. The zero-order chi connectivity index (χ0) is 11.2. The van der Waals surface area contributed by atoms with Crippen LogP contribution in [0.2, 0.25) is 0 Å². The highest BCUT2D eigenvalue weighted by Gasteiger charge is 2.08. The van der Waals surface area contributed by atoms with Crippen molar-refractivity contribution in [3.8, 4) is 0 Å². The van der Waals surface area contributed by atoms with Gasteiger partial charge in [-0.05, 0) is 39.2 Å². The van der Waals surface area contributed by atoms with Gasteiger partial charge in [-0.3, -0.25) is 0 Å². The zero-order valence-corrected chi connectivity index (χ0v) is 10.5. The predicted molar refractivity (Wildman–Crippen MR) is 61.2 cm³/mol. The number of hydrogen-bond acceptors (Lipinski definition) is 3. The van der Waals surface area contributed by atoms with E-state index in [0.717, 1.165) is 19.3 Å². The van der Waals surface area contributed by atoms with Gasteiger partial charge in [0.25, 0.3) is 0 Å². The molecule has 3 nitrogen and oxygen atoms in total. The maximum atomic E-state index is 10.9. The molecule has 0 aliphatic rings. The first kappa shape index (κ1) is 13.9. The summed E-state index contributed by atoms with van der Waals surface area (Å²) in [6, 6.07) is 0.517. The molecule has 14 heavy (non-hydrogen) atoms. The van der Waals surface area contributed by atoms with Gasteiger partial charge in [-0.2, -0.15) is 0 Å². The number of hydrogen-bond donors (Lipinski definition) is 1. The Hall–Kier alpha value is -0.0900. The molecule has 2 unspecified atom stereocenters. The average molecular weight is 221 g/mol. The van der Waals surface area contributed by atoms with Crippen LogP contribution in [-0.4, -0.2) is 33.5 Å².